The monoisotopic (exact) mass is 341 g/mol. The number of ketones is 1. The van der Waals surface area contributed by atoms with E-state index in [1.54, 1.807) is 31.1 Å². The van der Waals surface area contributed by atoms with Crippen LogP contribution in [0.25, 0.3) is 0 Å². The zero-order valence-corrected chi connectivity index (χ0v) is 14.1. The largest absolute Gasteiger partial charge is 0.496 e. The third-order valence-corrected chi connectivity index (χ3v) is 4.52. The molecule has 1 spiro atoms. The molecule has 25 heavy (non-hydrogen) atoms. The first-order chi connectivity index (χ1) is 12.0. The van der Waals surface area contributed by atoms with Crippen LogP contribution in [-0.2, 0) is 25.7 Å². The number of hydrogen-bond donors (Lipinski definition) is 0. The number of rotatable bonds is 5. The zero-order chi connectivity index (χ0) is 18.0. The Labute approximate surface area is 145 Å². The summed E-state index contributed by atoms with van der Waals surface area (Å²) in [5.41, 5.74) is -0.156. The number of allylic oxidation sites excluding steroid dienone is 2. The summed E-state index contributed by atoms with van der Waals surface area (Å²) in [6.07, 6.45) is 5.98. The maximum Gasteiger partial charge on any atom is 0.321 e. The van der Waals surface area contributed by atoms with Crippen molar-refractivity contribution in [2.24, 2.45) is 5.92 Å². The van der Waals surface area contributed by atoms with Crippen molar-refractivity contribution in [3.63, 3.8) is 0 Å². The van der Waals surface area contributed by atoms with Crippen molar-refractivity contribution >= 4 is 17.7 Å². The first-order valence-electron chi connectivity index (χ1n) is 8.06. The van der Waals surface area contributed by atoms with Gasteiger partial charge in [0, 0.05) is 5.56 Å². The van der Waals surface area contributed by atoms with E-state index in [-0.39, 0.29) is 24.8 Å². The van der Waals surface area contributed by atoms with Gasteiger partial charge in [0.05, 0.1) is 20.3 Å². The summed E-state index contributed by atoms with van der Waals surface area (Å²) >= 11 is 0. The summed E-state index contributed by atoms with van der Waals surface area (Å²) in [6.45, 7) is 2.15. The van der Waals surface area contributed by atoms with Gasteiger partial charge in [-0.05, 0) is 37.3 Å². The van der Waals surface area contributed by atoms with Crippen LogP contribution in [0.3, 0.4) is 0 Å². The summed E-state index contributed by atoms with van der Waals surface area (Å²) in [5.74, 6) is -1.39. The summed E-state index contributed by atoms with van der Waals surface area (Å²) in [4.78, 5) is 38.0. The van der Waals surface area contributed by atoms with Gasteiger partial charge in [0.25, 0.3) is 0 Å². The molecule has 6 nitrogen and oxygen atoms in total. The van der Waals surface area contributed by atoms with Crippen molar-refractivity contribution in [3.05, 3.63) is 54.1 Å². The molecule has 1 aromatic carbocycles. The lowest BCUT2D eigenvalue weighted by Gasteiger charge is -2.54. The lowest BCUT2D eigenvalue weighted by atomic mass is 9.70. The molecule has 0 saturated carbocycles. The van der Waals surface area contributed by atoms with Crippen molar-refractivity contribution in [1.82, 2.24) is 4.90 Å². The Bertz CT molecular complexity index is 764. The van der Waals surface area contributed by atoms with Crippen LogP contribution in [0.1, 0.15) is 12.5 Å². The third-order valence-electron chi connectivity index (χ3n) is 4.52. The van der Waals surface area contributed by atoms with E-state index in [1.807, 2.05) is 24.3 Å². The smallest absolute Gasteiger partial charge is 0.321 e. The van der Waals surface area contributed by atoms with Crippen molar-refractivity contribution in [2.45, 2.75) is 19.0 Å². The third kappa shape index (κ3) is 2.73. The Hall–Kier alpha value is -2.89. The van der Waals surface area contributed by atoms with Gasteiger partial charge >= 0.3 is 5.97 Å². The molecular formula is C19H19NO5. The number of amides is 1. The minimum atomic E-state index is -0.974. The molecule has 0 aromatic heterocycles. The van der Waals surface area contributed by atoms with Gasteiger partial charge in [-0.15, -0.1) is 0 Å². The standard InChI is InChI=1S/C19H19NO5/c1-3-25-18(23)16-17(22)20(19(16)10-8-14(21)9-11-19)12-13-6-4-5-7-15(13)24-2/h4-11,16H,3,12H2,1-2H3. The van der Waals surface area contributed by atoms with Gasteiger partial charge in [0.15, 0.2) is 11.7 Å². The number of hydrogen-bond acceptors (Lipinski definition) is 5. The predicted octanol–water partition coefficient (Wildman–Crippen LogP) is 1.65. The highest BCUT2D eigenvalue weighted by atomic mass is 16.5. The Balaban J connectivity index is 1.94. The van der Waals surface area contributed by atoms with Crippen molar-refractivity contribution in [3.8, 4) is 5.75 Å². The first kappa shape index (κ1) is 17.0. The average molecular weight is 341 g/mol. The van der Waals surface area contributed by atoms with E-state index in [1.165, 1.54) is 12.2 Å². The molecule has 1 fully saturated rings. The van der Waals surface area contributed by atoms with Gasteiger partial charge < -0.3 is 14.4 Å². The van der Waals surface area contributed by atoms with Crippen LogP contribution in [0.5, 0.6) is 5.75 Å². The van der Waals surface area contributed by atoms with E-state index in [9.17, 15) is 14.4 Å². The number of carbonyl (C=O) groups is 3. The van der Waals surface area contributed by atoms with Crippen molar-refractivity contribution in [1.29, 1.82) is 0 Å². The highest BCUT2D eigenvalue weighted by molar-refractivity contribution is 6.09. The number of esters is 1. The van der Waals surface area contributed by atoms with E-state index in [2.05, 4.69) is 0 Å². The fourth-order valence-electron chi connectivity index (χ4n) is 3.28. The molecule has 1 atom stereocenters. The fraction of sp³-hybridized carbons (Fsp3) is 0.316. The van der Waals surface area contributed by atoms with Crippen LogP contribution in [0.15, 0.2) is 48.6 Å². The van der Waals surface area contributed by atoms with Crippen LogP contribution < -0.4 is 4.74 Å². The van der Waals surface area contributed by atoms with E-state index >= 15 is 0 Å². The molecule has 1 aromatic rings. The fourth-order valence-corrected chi connectivity index (χ4v) is 3.28. The minimum absolute atomic E-state index is 0.176. The quantitative estimate of drug-likeness (QED) is 0.463. The molecule has 1 saturated heterocycles. The number of β-lactam (4-membered cyclic amide) rings is 1. The number of carbonyl (C=O) groups excluding carboxylic acids is 3. The molecule has 0 radical (unpaired) electrons. The number of methoxy groups -OCH3 is 1. The highest BCUT2D eigenvalue weighted by Crippen LogP contribution is 2.44. The number of para-hydroxylation sites is 1. The first-order valence-corrected chi connectivity index (χ1v) is 8.06. The van der Waals surface area contributed by atoms with E-state index in [0.29, 0.717) is 5.75 Å². The molecule has 1 amide bonds. The van der Waals surface area contributed by atoms with Crippen LogP contribution in [0, 0.1) is 5.92 Å². The zero-order valence-electron chi connectivity index (χ0n) is 14.1. The van der Waals surface area contributed by atoms with Crippen molar-refractivity contribution in [2.75, 3.05) is 13.7 Å². The summed E-state index contributed by atoms with van der Waals surface area (Å²) in [7, 11) is 1.56. The second kappa shape index (κ2) is 6.55. The maximum atomic E-state index is 12.7. The second-order valence-electron chi connectivity index (χ2n) is 5.88. The Morgan fingerprint density at radius 2 is 1.88 bits per heavy atom. The lowest BCUT2D eigenvalue weighted by molar-refractivity contribution is -0.177. The molecule has 1 aliphatic carbocycles. The van der Waals surface area contributed by atoms with Crippen molar-refractivity contribution < 1.29 is 23.9 Å². The van der Waals surface area contributed by atoms with E-state index in [4.69, 9.17) is 9.47 Å². The van der Waals surface area contributed by atoms with Gasteiger partial charge in [-0.25, -0.2) is 0 Å². The molecular weight excluding hydrogens is 322 g/mol. The van der Waals surface area contributed by atoms with Crippen LogP contribution in [-0.4, -0.2) is 41.8 Å². The average Bonchev–Trinajstić information content (AvgIpc) is 2.62. The SMILES string of the molecule is CCOC(=O)C1C(=O)N(Cc2ccccc2OC)C12C=CC(=O)C=C2. The number of ether oxygens (including phenoxy) is 2. The highest BCUT2D eigenvalue weighted by Gasteiger charge is 2.62. The van der Waals surface area contributed by atoms with E-state index in [0.717, 1.165) is 5.56 Å². The minimum Gasteiger partial charge on any atom is -0.496 e. The predicted molar refractivity (Wildman–Crippen MR) is 89.7 cm³/mol. The normalized spacial score (nSPS) is 20.6. The molecule has 0 N–H and O–H groups in total. The molecule has 0 bridgehead atoms. The number of nitrogens with zero attached hydrogens (tertiary/aromatic N) is 1. The summed E-state index contributed by atoms with van der Waals surface area (Å²) < 4.78 is 10.4. The Morgan fingerprint density at radius 3 is 2.52 bits per heavy atom. The van der Waals surface area contributed by atoms with Gasteiger partial charge in [0.2, 0.25) is 5.91 Å². The van der Waals surface area contributed by atoms with Gasteiger partial charge in [-0.1, -0.05) is 18.2 Å². The number of benzene rings is 1. The molecule has 3 rings (SSSR count). The van der Waals surface area contributed by atoms with Gasteiger partial charge in [-0.2, -0.15) is 0 Å². The van der Waals surface area contributed by atoms with Gasteiger partial charge in [0.1, 0.15) is 11.3 Å². The van der Waals surface area contributed by atoms with Crippen LogP contribution in [0.2, 0.25) is 0 Å². The molecule has 2 aliphatic rings. The molecule has 1 unspecified atom stereocenters. The van der Waals surface area contributed by atoms with E-state index < -0.39 is 17.4 Å². The van der Waals surface area contributed by atoms with Crippen LogP contribution >= 0.6 is 0 Å². The Morgan fingerprint density at radius 1 is 1.20 bits per heavy atom. The van der Waals surface area contributed by atoms with Crippen LogP contribution in [0.4, 0.5) is 0 Å². The summed E-state index contributed by atoms with van der Waals surface area (Å²) in [5, 5.41) is 0. The Kier molecular flexibility index (Phi) is 4.44. The maximum absolute atomic E-state index is 12.7. The topological polar surface area (TPSA) is 72.9 Å². The lowest BCUT2D eigenvalue weighted by Crippen LogP contribution is -2.71. The molecule has 130 valence electrons. The molecule has 1 heterocycles. The van der Waals surface area contributed by atoms with Gasteiger partial charge in [-0.3, -0.25) is 14.4 Å². The number of likely N-dealkylation sites (tertiary alicyclic amines) is 1. The summed E-state index contributed by atoms with van der Waals surface area (Å²) in [6, 6.07) is 7.37. The second-order valence-corrected chi connectivity index (χ2v) is 5.88. The molecule has 1 aliphatic heterocycles. The molecule has 6 heteroatoms.